The van der Waals surface area contributed by atoms with Crippen molar-refractivity contribution in [2.45, 2.75) is 19.9 Å². The van der Waals surface area contributed by atoms with E-state index in [-0.39, 0.29) is 23.7 Å². The second-order valence-corrected chi connectivity index (χ2v) is 9.31. The summed E-state index contributed by atoms with van der Waals surface area (Å²) in [6.07, 6.45) is 2.75. The van der Waals surface area contributed by atoms with Crippen LogP contribution in [0.2, 0.25) is 5.02 Å². The first-order chi connectivity index (χ1) is 11.8. The molecule has 3 rings (SSSR count). The van der Waals surface area contributed by atoms with E-state index in [4.69, 9.17) is 11.6 Å². The molecule has 2 aromatic rings. The summed E-state index contributed by atoms with van der Waals surface area (Å²) in [4.78, 5) is 2.16. The molecule has 132 valence electrons. The fourth-order valence-corrected chi connectivity index (χ4v) is 4.92. The number of nitrogens with one attached hydrogen (secondary N) is 1. The van der Waals surface area contributed by atoms with Crippen LogP contribution < -0.4 is 4.72 Å². The van der Waals surface area contributed by atoms with Crippen LogP contribution in [0.15, 0.2) is 59.3 Å². The second kappa shape index (κ2) is 7.41. The lowest BCUT2D eigenvalue weighted by Gasteiger charge is -2.17. The third-order valence-electron chi connectivity index (χ3n) is 3.98. The summed E-state index contributed by atoms with van der Waals surface area (Å²) in [5.74, 6) is -0.695. The van der Waals surface area contributed by atoms with Gasteiger partial charge >= 0.3 is 0 Å². The molecule has 0 fully saturated rings. The molecule has 1 aliphatic rings. The van der Waals surface area contributed by atoms with E-state index in [1.165, 1.54) is 23.5 Å². The van der Waals surface area contributed by atoms with Crippen molar-refractivity contribution in [2.75, 3.05) is 0 Å². The van der Waals surface area contributed by atoms with Gasteiger partial charge in [-0.25, -0.2) is 17.5 Å². The molecular weight excluding hydrogens is 381 g/mol. The molecule has 0 aliphatic heterocycles. The van der Waals surface area contributed by atoms with Gasteiger partial charge in [0.2, 0.25) is 10.0 Å². The topological polar surface area (TPSA) is 46.2 Å². The van der Waals surface area contributed by atoms with Gasteiger partial charge in [-0.05, 0) is 48.4 Å². The van der Waals surface area contributed by atoms with Crippen molar-refractivity contribution in [1.82, 2.24) is 4.72 Å². The average Bonchev–Trinajstić information content (AvgIpc) is 3.05. The third kappa shape index (κ3) is 4.39. The van der Waals surface area contributed by atoms with Crippen LogP contribution in [0.5, 0.6) is 0 Å². The molecule has 0 saturated carbocycles. The van der Waals surface area contributed by atoms with Gasteiger partial charge in [-0.3, -0.25) is 0 Å². The van der Waals surface area contributed by atoms with Crippen LogP contribution in [0, 0.1) is 5.92 Å². The maximum Gasteiger partial charge on any atom is 0.237 e. The van der Waals surface area contributed by atoms with E-state index in [0.29, 0.717) is 5.02 Å². The molecule has 1 aliphatic carbocycles. The number of thiophene rings is 1. The zero-order chi connectivity index (χ0) is 18.0. The Balaban J connectivity index is 1.69. The molecule has 0 amide bonds. The lowest BCUT2D eigenvalue weighted by molar-refractivity contribution is 0.485. The van der Waals surface area contributed by atoms with E-state index >= 15 is 0 Å². The molecule has 1 N–H and O–H groups in total. The van der Waals surface area contributed by atoms with Crippen LogP contribution in [0.4, 0.5) is 4.39 Å². The second-order valence-electron chi connectivity index (χ2n) is 5.89. The summed E-state index contributed by atoms with van der Waals surface area (Å²) in [6, 6.07) is 11.4. The van der Waals surface area contributed by atoms with Crippen LogP contribution in [-0.4, -0.2) is 8.42 Å². The molecular formula is C18H17ClFNO2S2. The number of rotatable bonds is 5. The van der Waals surface area contributed by atoms with Crippen LogP contribution in [0.3, 0.4) is 0 Å². The molecule has 0 radical (unpaired) electrons. The fourth-order valence-electron chi connectivity index (χ4n) is 2.50. The van der Waals surface area contributed by atoms with Crippen LogP contribution in [0.1, 0.15) is 18.2 Å². The Morgan fingerprint density at radius 2 is 1.92 bits per heavy atom. The molecule has 1 heterocycles. The Bertz CT molecular complexity index is 930. The van der Waals surface area contributed by atoms with Crippen molar-refractivity contribution in [3.05, 3.63) is 69.2 Å². The third-order valence-corrected chi connectivity index (χ3v) is 6.88. The minimum atomic E-state index is -3.61. The normalized spacial score (nSPS) is 18.0. The highest BCUT2D eigenvalue weighted by atomic mass is 35.5. The van der Waals surface area contributed by atoms with Gasteiger partial charge < -0.3 is 0 Å². The molecule has 25 heavy (non-hydrogen) atoms. The van der Waals surface area contributed by atoms with Crippen molar-refractivity contribution in [3.8, 4) is 10.4 Å². The Morgan fingerprint density at radius 1 is 1.20 bits per heavy atom. The molecule has 0 bridgehead atoms. The largest absolute Gasteiger partial charge is 0.237 e. The highest BCUT2D eigenvalue weighted by Crippen LogP contribution is 2.30. The van der Waals surface area contributed by atoms with E-state index in [1.807, 2.05) is 36.4 Å². The van der Waals surface area contributed by atoms with E-state index in [1.54, 1.807) is 6.92 Å². The maximum absolute atomic E-state index is 13.4. The zero-order valence-electron chi connectivity index (χ0n) is 13.5. The highest BCUT2D eigenvalue weighted by Gasteiger charge is 2.24. The predicted molar refractivity (Wildman–Crippen MR) is 102 cm³/mol. The monoisotopic (exact) mass is 397 g/mol. The quantitative estimate of drug-likeness (QED) is 0.747. The van der Waals surface area contributed by atoms with Crippen LogP contribution in [-0.2, 0) is 16.6 Å². The van der Waals surface area contributed by atoms with Gasteiger partial charge in [-0.1, -0.05) is 30.7 Å². The molecule has 1 unspecified atom stereocenters. The van der Waals surface area contributed by atoms with Gasteiger partial charge in [0, 0.05) is 27.2 Å². The number of hydrogen-bond donors (Lipinski definition) is 1. The van der Waals surface area contributed by atoms with E-state index in [9.17, 15) is 12.8 Å². The van der Waals surface area contributed by atoms with Crippen molar-refractivity contribution in [3.63, 3.8) is 0 Å². The van der Waals surface area contributed by atoms with Crippen LogP contribution >= 0.6 is 22.9 Å². The predicted octanol–water partition coefficient (Wildman–Crippen LogP) is 5.27. The van der Waals surface area contributed by atoms with Crippen molar-refractivity contribution in [2.24, 2.45) is 5.92 Å². The summed E-state index contributed by atoms with van der Waals surface area (Å²) in [7, 11) is -3.61. The number of allylic oxidation sites excluding steroid dienone is 4. The van der Waals surface area contributed by atoms with E-state index < -0.39 is 15.9 Å². The molecule has 0 saturated heterocycles. The fraction of sp³-hybridized carbons (Fsp3) is 0.222. The summed E-state index contributed by atoms with van der Waals surface area (Å²) >= 11 is 7.41. The first kappa shape index (κ1) is 18.3. The van der Waals surface area contributed by atoms with Gasteiger partial charge in [-0.2, -0.15) is 0 Å². The standard InChI is InChI=1S/C18H17ClFNO2S2/c1-12-10-16(7-8-17(12)20)25(22,23)21-11-15-6-9-18(24-15)13-2-4-14(19)5-3-13/h2-9,12,21H,10-11H2,1H3. The van der Waals surface area contributed by atoms with E-state index in [0.717, 1.165) is 15.3 Å². The Labute approximate surface area is 155 Å². The first-order valence-corrected chi connectivity index (χ1v) is 10.4. The number of sulfonamides is 1. The minimum absolute atomic E-state index is 0.179. The van der Waals surface area contributed by atoms with Crippen molar-refractivity contribution < 1.29 is 12.8 Å². The Hall–Kier alpha value is -1.47. The smallest absolute Gasteiger partial charge is 0.212 e. The average molecular weight is 398 g/mol. The number of halogens is 2. The Morgan fingerprint density at radius 3 is 2.60 bits per heavy atom. The van der Waals surface area contributed by atoms with E-state index in [2.05, 4.69) is 4.72 Å². The molecule has 3 nitrogen and oxygen atoms in total. The maximum atomic E-state index is 13.4. The first-order valence-electron chi connectivity index (χ1n) is 7.76. The summed E-state index contributed by atoms with van der Waals surface area (Å²) in [5.41, 5.74) is 1.04. The lowest BCUT2D eigenvalue weighted by Crippen LogP contribution is -2.26. The van der Waals surface area contributed by atoms with Gasteiger partial charge in [0.25, 0.3) is 0 Å². The summed E-state index contributed by atoms with van der Waals surface area (Å²) in [5, 5.41) is 0.675. The number of hydrogen-bond acceptors (Lipinski definition) is 3. The van der Waals surface area contributed by atoms with Gasteiger partial charge in [0.15, 0.2) is 0 Å². The van der Waals surface area contributed by atoms with Gasteiger partial charge in [0.05, 0.1) is 4.91 Å². The minimum Gasteiger partial charge on any atom is -0.212 e. The zero-order valence-corrected chi connectivity index (χ0v) is 15.9. The van der Waals surface area contributed by atoms with Gasteiger partial charge in [0.1, 0.15) is 5.83 Å². The SMILES string of the molecule is CC1CC(S(=O)(=O)NCc2ccc(-c3ccc(Cl)cc3)s2)=CC=C1F. The van der Waals surface area contributed by atoms with Crippen molar-refractivity contribution >= 4 is 33.0 Å². The van der Waals surface area contributed by atoms with Gasteiger partial charge in [-0.15, -0.1) is 11.3 Å². The number of benzene rings is 1. The van der Waals surface area contributed by atoms with Crippen molar-refractivity contribution in [1.29, 1.82) is 0 Å². The van der Waals surface area contributed by atoms with Crippen LogP contribution in [0.25, 0.3) is 10.4 Å². The lowest BCUT2D eigenvalue weighted by atomic mass is 10.0. The molecule has 0 spiro atoms. The molecule has 1 atom stereocenters. The summed E-state index contributed by atoms with van der Waals surface area (Å²) < 4.78 is 40.7. The highest BCUT2D eigenvalue weighted by molar-refractivity contribution is 7.93. The summed E-state index contributed by atoms with van der Waals surface area (Å²) in [6.45, 7) is 1.88. The molecule has 1 aromatic heterocycles. The molecule has 7 heteroatoms. The Kier molecular flexibility index (Phi) is 5.43. The molecule has 1 aromatic carbocycles.